The summed E-state index contributed by atoms with van der Waals surface area (Å²) < 4.78 is 37.7. The maximum Gasteiger partial charge on any atom is 0.253 e. The zero-order chi connectivity index (χ0) is 23.3. The lowest BCUT2D eigenvalue weighted by Crippen LogP contribution is -2.44. The van der Waals surface area contributed by atoms with Crippen LogP contribution in [0.5, 0.6) is 11.5 Å². The molecule has 1 atom stereocenters. The number of methoxy groups -OCH3 is 2. The van der Waals surface area contributed by atoms with Crippen molar-refractivity contribution in [2.45, 2.75) is 15.3 Å². The van der Waals surface area contributed by atoms with Crippen molar-refractivity contribution in [3.05, 3.63) is 75.8 Å². The summed E-state index contributed by atoms with van der Waals surface area (Å²) in [6, 6.07) is 13.6. The van der Waals surface area contributed by atoms with E-state index in [2.05, 4.69) is 5.32 Å². The van der Waals surface area contributed by atoms with Crippen molar-refractivity contribution >= 4 is 44.6 Å². The minimum absolute atomic E-state index is 0.0414. The lowest BCUT2D eigenvalue weighted by Gasteiger charge is -2.24. The lowest BCUT2D eigenvalue weighted by atomic mass is 9.85. The van der Waals surface area contributed by atoms with Crippen LogP contribution in [0.25, 0.3) is 0 Å². The van der Waals surface area contributed by atoms with Gasteiger partial charge in [-0.25, -0.2) is 8.42 Å². The molecular weight excluding hydrogens is 475 g/mol. The van der Waals surface area contributed by atoms with Crippen molar-refractivity contribution < 1.29 is 22.7 Å². The molecular formula is C22H18Cl2N2O5S. The number of benzene rings is 3. The minimum atomic E-state index is -4.19. The fourth-order valence-corrected chi connectivity index (χ4v) is 5.90. The highest BCUT2D eigenvalue weighted by Crippen LogP contribution is 2.47. The fourth-order valence-electron chi connectivity index (χ4n) is 3.73. The topological polar surface area (TPSA) is 108 Å². The van der Waals surface area contributed by atoms with Gasteiger partial charge in [0, 0.05) is 27.2 Å². The Labute approximate surface area is 195 Å². The van der Waals surface area contributed by atoms with E-state index in [1.165, 1.54) is 44.6 Å². The zero-order valence-electron chi connectivity index (χ0n) is 17.0. The molecule has 1 aliphatic heterocycles. The van der Waals surface area contributed by atoms with E-state index < -0.39 is 21.3 Å². The summed E-state index contributed by atoms with van der Waals surface area (Å²) >= 11 is 12.6. The number of carbonyl (C=O) groups is 1. The molecule has 1 amide bonds. The molecule has 0 radical (unpaired) electrons. The van der Waals surface area contributed by atoms with Crippen LogP contribution in [0.4, 0.5) is 5.69 Å². The number of sulfone groups is 1. The quantitative estimate of drug-likeness (QED) is 0.557. The molecule has 32 heavy (non-hydrogen) atoms. The number of fused-ring (bicyclic) bond motifs is 1. The molecule has 7 nitrogen and oxygen atoms in total. The first-order valence-electron chi connectivity index (χ1n) is 9.31. The zero-order valence-corrected chi connectivity index (χ0v) is 19.3. The Kier molecular flexibility index (Phi) is 5.58. The van der Waals surface area contributed by atoms with Crippen LogP contribution < -0.4 is 20.5 Å². The number of ether oxygens (including phenoxy) is 2. The molecule has 3 aromatic carbocycles. The number of hydrogen-bond donors (Lipinski definition) is 2. The molecule has 0 saturated carbocycles. The molecule has 0 fully saturated rings. The number of nitrogens with two attached hydrogens (primary N) is 1. The average Bonchev–Trinajstić information content (AvgIpc) is 3.03. The summed E-state index contributed by atoms with van der Waals surface area (Å²) in [6.07, 6.45) is 0. The summed E-state index contributed by atoms with van der Waals surface area (Å²) in [5.41, 5.74) is 5.40. The summed E-state index contributed by atoms with van der Waals surface area (Å²) in [5, 5.41) is 2.97. The average molecular weight is 493 g/mol. The Morgan fingerprint density at radius 2 is 1.66 bits per heavy atom. The maximum atomic E-state index is 13.6. The van der Waals surface area contributed by atoms with Crippen LogP contribution in [-0.4, -0.2) is 28.5 Å². The van der Waals surface area contributed by atoms with Gasteiger partial charge in [0.15, 0.2) is 5.54 Å². The van der Waals surface area contributed by atoms with Gasteiger partial charge in [-0.1, -0.05) is 41.4 Å². The van der Waals surface area contributed by atoms with E-state index >= 15 is 0 Å². The van der Waals surface area contributed by atoms with Crippen LogP contribution in [-0.2, 0) is 20.2 Å². The summed E-state index contributed by atoms with van der Waals surface area (Å²) in [7, 11) is -1.38. The van der Waals surface area contributed by atoms with E-state index in [1.54, 1.807) is 24.3 Å². The van der Waals surface area contributed by atoms with Crippen LogP contribution in [0.1, 0.15) is 11.1 Å². The van der Waals surface area contributed by atoms with Crippen LogP contribution in [0, 0.1) is 0 Å². The first-order chi connectivity index (χ1) is 15.1. The van der Waals surface area contributed by atoms with Crippen LogP contribution in [0.15, 0.2) is 64.4 Å². The van der Waals surface area contributed by atoms with E-state index in [-0.39, 0.29) is 36.8 Å². The Morgan fingerprint density at radius 3 is 2.31 bits per heavy atom. The third-order valence-electron chi connectivity index (χ3n) is 5.34. The van der Waals surface area contributed by atoms with Crippen LogP contribution in [0.2, 0.25) is 10.0 Å². The summed E-state index contributed by atoms with van der Waals surface area (Å²) in [5.74, 6) is -0.126. The SMILES string of the molecule is COc1ccc(S(=O)(=O)c2cc(Cl)cc3c2NC(=O)C3(N)c2ccccc2Cl)c(OC)c1. The van der Waals surface area contributed by atoms with E-state index in [1.807, 2.05) is 0 Å². The molecule has 3 N–H and O–H groups in total. The van der Waals surface area contributed by atoms with Crippen molar-refractivity contribution in [2.75, 3.05) is 19.5 Å². The molecule has 3 aromatic rings. The predicted molar refractivity (Wildman–Crippen MR) is 121 cm³/mol. The van der Waals surface area contributed by atoms with Crippen molar-refractivity contribution in [1.82, 2.24) is 0 Å². The number of hydrogen-bond acceptors (Lipinski definition) is 6. The van der Waals surface area contributed by atoms with Gasteiger partial charge in [0.2, 0.25) is 9.84 Å². The lowest BCUT2D eigenvalue weighted by molar-refractivity contribution is -0.119. The van der Waals surface area contributed by atoms with E-state index in [0.29, 0.717) is 11.3 Å². The summed E-state index contributed by atoms with van der Waals surface area (Å²) in [6.45, 7) is 0. The number of nitrogens with one attached hydrogen (secondary N) is 1. The molecule has 1 aliphatic rings. The maximum absolute atomic E-state index is 13.6. The molecule has 0 spiro atoms. The second-order valence-corrected chi connectivity index (χ2v) is 9.82. The second-order valence-electron chi connectivity index (χ2n) is 7.09. The Bertz CT molecular complexity index is 1360. The highest BCUT2D eigenvalue weighted by atomic mass is 35.5. The Hall–Kier alpha value is -2.78. The normalized spacial score (nSPS) is 17.6. The minimum Gasteiger partial charge on any atom is -0.497 e. The van der Waals surface area contributed by atoms with Gasteiger partial charge in [0.25, 0.3) is 5.91 Å². The molecule has 4 rings (SSSR count). The number of rotatable bonds is 5. The first-order valence-corrected chi connectivity index (χ1v) is 11.5. The van der Waals surface area contributed by atoms with Gasteiger partial charge in [-0.05, 0) is 30.3 Å². The monoisotopic (exact) mass is 492 g/mol. The highest BCUT2D eigenvalue weighted by molar-refractivity contribution is 7.91. The van der Waals surface area contributed by atoms with Gasteiger partial charge in [-0.15, -0.1) is 0 Å². The predicted octanol–water partition coefficient (Wildman–Crippen LogP) is 4.00. The second kappa shape index (κ2) is 7.97. The molecule has 1 heterocycles. The van der Waals surface area contributed by atoms with Gasteiger partial charge in [0.05, 0.1) is 24.8 Å². The van der Waals surface area contributed by atoms with Crippen molar-refractivity contribution in [2.24, 2.45) is 5.73 Å². The fraction of sp³-hybridized carbons (Fsp3) is 0.136. The molecule has 0 saturated heterocycles. The smallest absolute Gasteiger partial charge is 0.253 e. The molecule has 166 valence electrons. The van der Waals surface area contributed by atoms with Crippen molar-refractivity contribution in [1.29, 1.82) is 0 Å². The summed E-state index contributed by atoms with van der Waals surface area (Å²) in [4.78, 5) is 12.7. The molecule has 0 aliphatic carbocycles. The van der Waals surface area contributed by atoms with E-state index in [4.69, 9.17) is 38.4 Å². The van der Waals surface area contributed by atoms with Crippen molar-refractivity contribution in [3.8, 4) is 11.5 Å². The third kappa shape index (κ3) is 3.31. The molecule has 10 heteroatoms. The van der Waals surface area contributed by atoms with Gasteiger partial charge in [0.1, 0.15) is 16.4 Å². The van der Waals surface area contributed by atoms with E-state index in [0.717, 1.165) is 0 Å². The third-order valence-corrected chi connectivity index (χ3v) is 7.70. The molecule has 0 bridgehead atoms. The Balaban J connectivity index is 1.98. The van der Waals surface area contributed by atoms with E-state index in [9.17, 15) is 13.2 Å². The van der Waals surface area contributed by atoms with Crippen LogP contribution in [0.3, 0.4) is 0 Å². The number of anilines is 1. The van der Waals surface area contributed by atoms with Crippen molar-refractivity contribution in [3.63, 3.8) is 0 Å². The van der Waals surface area contributed by atoms with Gasteiger partial charge in [-0.3, -0.25) is 4.79 Å². The molecule has 1 unspecified atom stereocenters. The number of carbonyl (C=O) groups excluding carboxylic acids is 1. The standard InChI is InChI=1S/C22H18Cl2N2O5S/c1-30-13-7-8-18(17(11-13)31-2)32(28,29)19-10-12(23)9-15-20(19)26-21(27)22(15,25)14-5-3-4-6-16(14)24/h3-11H,25H2,1-2H3,(H,26,27). The first kappa shape index (κ1) is 22.4. The Morgan fingerprint density at radius 1 is 0.938 bits per heavy atom. The number of halogens is 2. The molecule has 0 aromatic heterocycles. The highest BCUT2D eigenvalue weighted by Gasteiger charge is 2.48. The van der Waals surface area contributed by atoms with Gasteiger partial charge < -0.3 is 20.5 Å². The van der Waals surface area contributed by atoms with Crippen LogP contribution >= 0.6 is 23.2 Å². The largest absolute Gasteiger partial charge is 0.497 e. The number of amides is 1. The van der Waals surface area contributed by atoms with Gasteiger partial charge in [-0.2, -0.15) is 0 Å². The van der Waals surface area contributed by atoms with Gasteiger partial charge >= 0.3 is 0 Å².